The Morgan fingerprint density at radius 2 is 1.96 bits per heavy atom. The van der Waals surface area contributed by atoms with Crippen molar-refractivity contribution in [3.8, 4) is 0 Å². The first-order chi connectivity index (χ1) is 10.1. The van der Waals surface area contributed by atoms with Crippen molar-refractivity contribution in [2.24, 2.45) is 0 Å². The molecule has 1 aromatic carbocycles. The molecule has 0 fully saturated rings. The van der Waals surface area contributed by atoms with Crippen molar-refractivity contribution in [1.29, 1.82) is 0 Å². The van der Waals surface area contributed by atoms with E-state index in [0.717, 1.165) is 24.3 Å². The first-order valence-corrected chi connectivity index (χ1v) is 6.95. The van der Waals surface area contributed by atoms with Crippen LogP contribution in [-0.2, 0) is 0 Å². The van der Waals surface area contributed by atoms with Gasteiger partial charge < -0.3 is 16.4 Å². The smallest absolute Gasteiger partial charge is 0.251 e. The van der Waals surface area contributed by atoms with E-state index in [0.29, 0.717) is 17.8 Å². The second-order valence-electron chi connectivity index (χ2n) is 4.88. The highest BCUT2D eigenvalue weighted by Gasteiger charge is 2.04. The topological polar surface area (TPSA) is 80.0 Å². The van der Waals surface area contributed by atoms with Crippen LogP contribution in [0.3, 0.4) is 0 Å². The highest BCUT2D eigenvalue weighted by Crippen LogP contribution is 2.06. The molecule has 0 saturated carbocycles. The third-order valence-corrected chi connectivity index (χ3v) is 3.01. The Labute approximate surface area is 148 Å². The van der Waals surface area contributed by atoms with Crippen molar-refractivity contribution in [1.82, 2.24) is 10.3 Å². The van der Waals surface area contributed by atoms with Gasteiger partial charge in [-0.3, -0.25) is 4.79 Å². The molecule has 0 radical (unpaired) electrons. The van der Waals surface area contributed by atoms with Crippen LogP contribution in [0.2, 0.25) is 0 Å². The van der Waals surface area contributed by atoms with E-state index < -0.39 is 0 Å². The number of nitrogens with one attached hydrogen (secondary N) is 2. The molecule has 0 aliphatic carbocycles. The Kier molecular flexibility index (Phi) is 9.78. The molecule has 23 heavy (non-hydrogen) atoms. The summed E-state index contributed by atoms with van der Waals surface area (Å²) in [5, 5.41) is 6.08. The molecule has 0 saturated heterocycles. The van der Waals surface area contributed by atoms with Crippen LogP contribution in [0.5, 0.6) is 0 Å². The minimum absolute atomic E-state index is 0. The Bertz CT molecular complexity index is 605. The Morgan fingerprint density at radius 3 is 2.61 bits per heavy atom. The van der Waals surface area contributed by atoms with Crippen LogP contribution in [0.25, 0.3) is 0 Å². The number of carbonyl (C=O) groups is 1. The van der Waals surface area contributed by atoms with Gasteiger partial charge in [0.05, 0.1) is 0 Å². The molecule has 126 valence electrons. The number of halogens is 2. The van der Waals surface area contributed by atoms with Crippen LogP contribution in [-0.4, -0.2) is 24.0 Å². The number of carbonyl (C=O) groups excluding carboxylic acids is 1. The fourth-order valence-corrected chi connectivity index (χ4v) is 1.86. The van der Waals surface area contributed by atoms with Gasteiger partial charge in [-0.25, -0.2) is 4.98 Å². The monoisotopic (exact) mass is 356 g/mol. The molecule has 5 nitrogen and oxygen atoms in total. The first kappa shape index (κ1) is 21.0. The third-order valence-electron chi connectivity index (χ3n) is 3.01. The van der Waals surface area contributed by atoms with E-state index >= 15 is 0 Å². The maximum absolute atomic E-state index is 11.9. The molecule has 0 bridgehead atoms. The van der Waals surface area contributed by atoms with Gasteiger partial charge in [-0.1, -0.05) is 12.1 Å². The Morgan fingerprint density at radius 1 is 1.17 bits per heavy atom. The number of rotatable bonds is 6. The molecule has 0 aliphatic rings. The minimum Gasteiger partial charge on any atom is -0.399 e. The Hall–Kier alpha value is -1.98. The molecule has 0 aliphatic heterocycles. The van der Waals surface area contributed by atoms with Crippen LogP contribution >= 0.6 is 24.8 Å². The van der Waals surface area contributed by atoms with Crippen molar-refractivity contribution in [2.75, 3.05) is 24.1 Å². The minimum atomic E-state index is -0.101. The molecule has 4 N–H and O–H groups in total. The molecule has 2 aromatic rings. The number of aromatic nitrogens is 1. The molecule has 1 heterocycles. The molecular weight excluding hydrogens is 335 g/mol. The molecule has 0 spiro atoms. The highest BCUT2D eigenvalue weighted by atomic mass is 35.5. The van der Waals surface area contributed by atoms with Gasteiger partial charge in [-0.15, -0.1) is 24.8 Å². The van der Waals surface area contributed by atoms with Crippen LogP contribution in [0.4, 0.5) is 11.5 Å². The zero-order valence-corrected chi connectivity index (χ0v) is 14.5. The maximum Gasteiger partial charge on any atom is 0.251 e. The van der Waals surface area contributed by atoms with E-state index in [2.05, 4.69) is 15.6 Å². The van der Waals surface area contributed by atoms with E-state index in [1.54, 1.807) is 24.3 Å². The van der Waals surface area contributed by atoms with Crippen LogP contribution in [0.1, 0.15) is 22.3 Å². The molecule has 1 aromatic heterocycles. The number of benzene rings is 1. The number of amides is 1. The molecule has 0 atom stereocenters. The fraction of sp³-hybridized carbons (Fsp3) is 0.250. The number of nitrogens with zero attached hydrogens (tertiary/aromatic N) is 1. The summed E-state index contributed by atoms with van der Waals surface area (Å²) in [5.74, 6) is 0.749. The SMILES string of the molecule is Cc1ccc(NCCCNC(=O)c2cccc(N)c2)nc1.Cl.Cl. The van der Waals surface area contributed by atoms with E-state index in [4.69, 9.17) is 5.73 Å². The lowest BCUT2D eigenvalue weighted by Crippen LogP contribution is -2.25. The molecule has 7 heteroatoms. The number of nitrogens with two attached hydrogens (primary N) is 1. The zero-order chi connectivity index (χ0) is 15.1. The number of nitrogen functional groups attached to an aromatic ring is 1. The van der Waals surface area contributed by atoms with Gasteiger partial charge in [0.25, 0.3) is 5.91 Å². The lowest BCUT2D eigenvalue weighted by Gasteiger charge is -2.07. The largest absolute Gasteiger partial charge is 0.399 e. The van der Waals surface area contributed by atoms with E-state index in [1.165, 1.54) is 0 Å². The molecule has 0 unspecified atom stereocenters. The summed E-state index contributed by atoms with van der Waals surface area (Å²) in [5.41, 5.74) is 7.96. The van der Waals surface area contributed by atoms with E-state index in [-0.39, 0.29) is 30.7 Å². The van der Waals surface area contributed by atoms with Gasteiger partial charge in [0.2, 0.25) is 0 Å². The van der Waals surface area contributed by atoms with Crippen molar-refractivity contribution in [3.05, 3.63) is 53.7 Å². The average molecular weight is 357 g/mol. The molecule has 1 amide bonds. The zero-order valence-electron chi connectivity index (χ0n) is 12.9. The Balaban J connectivity index is 0.00000242. The van der Waals surface area contributed by atoms with Crippen LogP contribution < -0.4 is 16.4 Å². The van der Waals surface area contributed by atoms with Crippen molar-refractivity contribution < 1.29 is 4.79 Å². The van der Waals surface area contributed by atoms with E-state index in [1.807, 2.05) is 25.3 Å². The second-order valence-corrected chi connectivity index (χ2v) is 4.88. The standard InChI is InChI=1S/C16H20N4O.2ClH/c1-12-6-7-15(20-11-12)18-8-3-9-19-16(21)13-4-2-5-14(17)10-13;;/h2,4-7,10-11H,3,8-9,17H2,1H3,(H,18,20)(H,19,21);2*1H. The molecular formula is C16H22Cl2N4O. The number of aryl methyl sites for hydroxylation is 1. The lowest BCUT2D eigenvalue weighted by atomic mass is 10.2. The van der Waals surface area contributed by atoms with Crippen LogP contribution in [0, 0.1) is 6.92 Å². The summed E-state index contributed by atoms with van der Waals surface area (Å²) in [6, 6.07) is 10.9. The lowest BCUT2D eigenvalue weighted by molar-refractivity contribution is 0.0953. The van der Waals surface area contributed by atoms with Crippen molar-refractivity contribution in [2.45, 2.75) is 13.3 Å². The van der Waals surface area contributed by atoms with Crippen molar-refractivity contribution >= 4 is 42.2 Å². The summed E-state index contributed by atoms with van der Waals surface area (Å²) in [6.07, 6.45) is 2.65. The van der Waals surface area contributed by atoms with Gasteiger partial charge >= 0.3 is 0 Å². The summed E-state index contributed by atoms with van der Waals surface area (Å²) in [6.45, 7) is 3.36. The normalized spacial score (nSPS) is 9.26. The summed E-state index contributed by atoms with van der Waals surface area (Å²) in [7, 11) is 0. The predicted molar refractivity (Wildman–Crippen MR) is 99.8 cm³/mol. The van der Waals surface area contributed by atoms with Gasteiger partial charge in [-0.05, 0) is 43.2 Å². The number of anilines is 2. The van der Waals surface area contributed by atoms with Crippen molar-refractivity contribution in [3.63, 3.8) is 0 Å². The quantitative estimate of drug-likeness (QED) is 0.548. The van der Waals surface area contributed by atoms with Gasteiger partial charge in [0.15, 0.2) is 0 Å². The molecule has 2 rings (SSSR count). The predicted octanol–water partition coefficient (Wildman–Crippen LogP) is 3.05. The number of hydrogen-bond acceptors (Lipinski definition) is 4. The number of hydrogen-bond donors (Lipinski definition) is 3. The second kappa shape index (κ2) is 10.7. The number of pyridine rings is 1. The summed E-state index contributed by atoms with van der Waals surface area (Å²) >= 11 is 0. The summed E-state index contributed by atoms with van der Waals surface area (Å²) < 4.78 is 0. The van der Waals surface area contributed by atoms with Gasteiger partial charge in [0.1, 0.15) is 5.82 Å². The maximum atomic E-state index is 11.9. The highest BCUT2D eigenvalue weighted by molar-refractivity contribution is 5.94. The van der Waals surface area contributed by atoms with Gasteiger partial charge in [0, 0.05) is 30.5 Å². The van der Waals surface area contributed by atoms with Crippen LogP contribution in [0.15, 0.2) is 42.6 Å². The average Bonchev–Trinajstić information content (AvgIpc) is 2.48. The third kappa shape index (κ3) is 7.21. The fourth-order valence-electron chi connectivity index (χ4n) is 1.86. The summed E-state index contributed by atoms with van der Waals surface area (Å²) in [4.78, 5) is 16.1. The first-order valence-electron chi connectivity index (χ1n) is 6.95. The van der Waals surface area contributed by atoms with Gasteiger partial charge in [-0.2, -0.15) is 0 Å². The van der Waals surface area contributed by atoms with E-state index in [9.17, 15) is 4.79 Å².